The van der Waals surface area contributed by atoms with E-state index in [0.29, 0.717) is 5.95 Å². The van der Waals surface area contributed by atoms with E-state index in [4.69, 9.17) is 14.5 Å². The zero-order chi connectivity index (χ0) is 20.6. The third-order valence-corrected chi connectivity index (χ3v) is 4.68. The molecule has 0 saturated carbocycles. The van der Waals surface area contributed by atoms with Crippen LogP contribution in [-0.2, 0) is 6.42 Å². The first-order valence-electron chi connectivity index (χ1n) is 9.76. The number of rotatable bonds is 9. The molecule has 2 aromatic carbocycles. The van der Waals surface area contributed by atoms with Gasteiger partial charge in [0.1, 0.15) is 5.82 Å². The Hall–Kier alpha value is -3.28. The van der Waals surface area contributed by atoms with Crippen LogP contribution in [0.1, 0.15) is 18.1 Å². The summed E-state index contributed by atoms with van der Waals surface area (Å²) in [5.74, 6) is 2.97. The molecule has 0 amide bonds. The van der Waals surface area contributed by atoms with Crippen LogP contribution < -0.4 is 19.7 Å². The lowest BCUT2D eigenvalue weighted by molar-refractivity contribution is 0.354. The Labute approximate surface area is 172 Å². The molecule has 3 rings (SSSR count). The minimum Gasteiger partial charge on any atom is -0.493 e. The molecule has 0 aliphatic rings. The first kappa shape index (κ1) is 20.5. The van der Waals surface area contributed by atoms with Crippen molar-refractivity contribution in [2.45, 2.75) is 20.3 Å². The van der Waals surface area contributed by atoms with Crippen LogP contribution in [0.15, 0.2) is 54.7 Å². The van der Waals surface area contributed by atoms with Gasteiger partial charge in [0.15, 0.2) is 11.5 Å². The highest BCUT2D eigenvalue weighted by molar-refractivity contribution is 5.59. The van der Waals surface area contributed by atoms with Crippen LogP contribution in [0.2, 0.25) is 0 Å². The molecule has 3 aromatic rings. The molecule has 0 unspecified atom stereocenters. The van der Waals surface area contributed by atoms with Crippen molar-refractivity contribution in [2.24, 2.45) is 0 Å². The number of benzene rings is 2. The standard InChI is InChI=1S/C23H28N4O2/c1-5-27(19-8-6-7-17(2)15-19)23-25-14-12-22(26-23)24-13-11-18-9-10-20(28-3)21(16-18)29-4/h6-10,12,14-16H,5,11,13H2,1-4H3,(H,24,25,26). The topological polar surface area (TPSA) is 59.5 Å². The summed E-state index contributed by atoms with van der Waals surface area (Å²) in [7, 11) is 3.29. The van der Waals surface area contributed by atoms with Gasteiger partial charge in [-0.15, -0.1) is 0 Å². The van der Waals surface area contributed by atoms with Gasteiger partial charge in [-0.25, -0.2) is 4.98 Å². The summed E-state index contributed by atoms with van der Waals surface area (Å²) in [5.41, 5.74) is 3.47. The van der Waals surface area contributed by atoms with Crippen LogP contribution in [0.5, 0.6) is 11.5 Å². The lowest BCUT2D eigenvalue weighted by atomic mass is 10.1. The minimum atomic E-state index is 0.689. The smallest absolute Gasteiger partial charge is 0.231 e. The second-order valence-electron chi connectivity index (χ2n) is 6.69. The van der Waals surface area contributed by atoms with Gasteiger partial charge in [0, 0.05) is 25.0 Å². The van der Waals surface area contributed by atoms with Crippen molar-refractivity contribution < 1.29 is 9.47 Å². The summed E-state index contributed by atoms with van der Waals surface area (Å²) in [6.45, 7) is 5.73. The Balaban J connectivity index is 1.67. The maximum atomic E-state index is 5.37. The third kappa shape index (κ3) is 5.16. The monoisotopic (exact) mass is 392 g/mol. The fourth-order valence-corrected chi connectivity index (χ4v) is 3.18. The van der Waals surface area contributed by atoms with E-state index in [0.717, 1.165) is 42.5 Å². The zero-order valence-corrected chi connectivity index (χ0v) is 17.5. The Kier molecular flexibility index (Phi) is 6.89. The van der Waals surface area contributed by atoms with Crippen molar-refractivity contribution in [1.82, 2.24) is 9.97 Å². The molecule has 0 spiro atoms. The van der Waals surface area contributed by atoms with Crippen LogP contribution >= 0.6 is 0 Å². The number of methoxy groups -OCH3 is 2. The fraction of sp³-hybridized carbons (Fsp3) is 0.304. The molecular formula is C23H28N4O2. The van der Waals surface area contributed by atoms with E-state index in [1.165, 1.54) is 11.1 Å². The summed E-state index contributed by atoms with van der Waals surface area (Å²) in [5, 5.41) is 3.39. The number of aryl methyl sites for hydroxylation is 1. The molecule has 0 fully saturated rings. The average molecular weight is 393 g/mol. The van der Waals surface area contributed by atoms with Crippen molar-refractivity contribution in [2.75, 3.05) is 37.5 Å². The number of nitrogens with zero attached hydrogens (tertiary/aromatic N) is 3. The van der Waals surface area contributed by atoms with Gasteiger partial charge in [0.2, 0.25) is 5.95 Å². The van der Waals surface area contributed by atoms with Crippen molar-refractivity contribution in [3.8, 4) is 11.5 Å². The van der Waals surface area contributed by atoms with Gasteiger partial charge in [0.05, 0.1) is 14.2 Å². The van der Waals surface area contributed by atoms with Crippen LogP contribution in [0.25, 0.3) is 0 Å². The van der Waals surface area contributed by atoms with Crippen LogP contribution in [-0.4, -0.2) is 37.3 Å². The van der Waals surface area contributed by atoms with Crippen molar-refractivity contribution >= 4 is 17.5 Å². The number of hydrogen-bond donors (Lipinski definition) is 1. The number of ether oxygens (including phenoxy) is 2. The first-order chi connectivity index (χ1) is 14.1. The fourth-order valence-electron chi connectivity index (χ4n) is 3.18. The highest BCUT2D eigenvalue weighted by atomic mass is 16.5. The maximum absolute atomic E-state index is 5.37. The predicted molar refractivity (Wildman–Crippen MR) is 118 cm³/mol. The van der Waals surface area contributed by atoms with Gasteiger partial charge in [-0.05, 0) is 61.7 Å². The quantitative estimate of drug-likeness (QED) is 0.574. The van der Waals surface area contributed by atoms with E-state index in [1.807, 2.05) is 24.3 Å². The molecular weight excluding hydrogens is 364 g/mol. The minimum absolute atomic E-state index is 0.689. The first-order valence-corrected chi connectivity index (χ1v) is 9.76. The molecule has 0 atom stereocenters. The van der Waals surface area contributed by atoms with Gasteiger partial charge < -0.3 is 19.7 Å². The molecule has 0 aliphatic carbocycles. The summed E-state index contributed by atoms with van der Waals surface area (Å²) in [6, 6.07) is 16.2. The summed E-state index contributed by atoms with van der Waals surface area (Å²) in [4.78, 5) is 11.3. The van der Waals surface area contributed by atoms with E-state index in [2.05, 4.69) is 53.3 Å². The largest absolute Gasteiger partial charge is 0.493 e. The highest BCUT2D eigenvalue weighted by Gasteiger charge is 2.11. The molecule has 1 N–H and O–H groups in total. The molecule has 152 valence electrons. The number of hydrogen-bond acceptors (Lipinski definition) is 6. The van der Waals surface area contributed by atoms with Crippen LogP contribution in [0.3, 0.4) is 0 Å². The summed E-state index contributed by atoms with van der Waals surface area (Å²) < 4.78 is 10.7. The van der Waals surface area contributed by atoms with Crippen molar-refractivity contribution in [1.29, 1.82) is 0 Å². The molecule has 6 heteroatoms. The highest BCUT2D eigenvalue weighted by Crippen LogP contribution is 2.28. The molecule has 29 heavy (non-hydrogen) atoms. The zero-order valence-electron chi connectivity index (χ0n) is 17.5. The van der Waals surface area contributed by atoms with Gasteiger partial charge in [-0.1, -0.05) is 18.2 Å². The number of anilines is 3. The normalized spacial score (nSPS) is 10.5. The van der Waals surface area contributed by atoms with E-state index in [-0.39, 0.29) is 0 Å². The lowest BCUT2D eigenvalue weighted by Gasteiger charge is -2.21. The number of aromatic nitrogens is 2. The van der Waals surface area contributed by atoms with E-state index >= 15 is 0 Å². The Morgan fingerprint density at radius 3 is 2.55 bits per heavy atom. The molecule has 1 heterocycles. The molecule has 1 aromatic heterocycles. The summed E-state index contributed by atoms with van der Waals surface area (Å²) >= 11 is 0. The second kappa shape index (κ2) is 9.78. The SMILES string of the molecule is CCN(c1cccc(C)c1)c1nccc(NCCc2ccc(OC)c(OC)c2)n1. The van der Waals surface area contributed by atoms with E-state index < -0.39 is 0 Å². The second-order valence-corrected chi connectivity index (χ2v) is 6.69. The third-order valence-electron chi connectivity index (χ3n) is 4.68. The Morgan fingerprint density at radius 2 is 1.83 bits per heavy atom. The average Bonchev–Trinajstić information content (AvgIpc) is 2.74. The van der Waals surface area contributed by atoms with Gasteiger partial charge in [-0.2, -0.15) is 4.98 Å². The molecule has 0 aliphatic heterocycles. The molecule has 6 nitrogen and oxygen atoms in total. The van der Waals surface area contributed by atoms with Gasteiger partial charge >= 0.3 is 0 Å². The molecule has 0 saturated heterocycles. The Bertz CT molecular complexity index is 946. The van der Waals surface area contributed by atoms with E-state index in [1.54, 1.807) is 20.4 Å². The lowest BCUT2D eigenvalue weighted by Crippen LogP contribution is -2.19. The van der Waals surface area contributed by atoms with Gasteiger partial charge in [-0.3, -0.25) is 0 Å². The van der Waals surface area contributed by atoms with E-state index in [9.17, 15) is 0 Å². The van der Waals surface area contributed by atoms with Gasteiger partial charge in [0.25, 0.3) is 0 Å². The summed E-state index contributed by atoms with van der Waals surface area (Å²) in [6.07, 6.45) is 2.63. The number of nitrogens with one attached hydrogen (secondary N) is 1. The molecule has 0 bridgehead atoms. The van der Waals surface area contributed by atoms with Crippen LogP contribution in [0.4, 0.5) is 17.5 Å². The predicted octanol–water partition coefficient (Wildman–Crippen LogP) is 4.61. The van der Waals surface area contributed by atoms with Crippen LogP contribution in [0, 0.1) is 6.92 Å². The molecule has 0 radical (unpaired) electrons. The van der Waals surface area contributed by atoms with Crippen molar-refractivity contribution in [3.05, 3.63) is 65.9 Å². The van der Waals surface area contributed by atoms with Crippen molar-refractivity contribution in [3.63, 3.8) is 0 Å². The Morgan fingerprint density at radius 1 is 1.00 bits per heavy atom. The maximum Gasteiger partial charge on any atom is 0.231 e.